The Morgan fingerprint density at radius 2 is 1.73 bits per heavy atom. The van der Waals surface area contributed by atoms with Gasteiger partial charge in [0.05, 0.1) is 11.8 Å². The number of fused-ring (bicyclic) bond motifs is 1. The zero-order chi connectivity index (χ0) is 10.6. The highest BCUT2D eigenvalue weighted by Gasteiger charge is 2.52. The molecule has 0 aromatic carbocycles. The number of likely N-dealkylation sites (tertiary alicyclic amines) is 1. The van der Waals surface area contributed by atoms with Gasteiger partial charge in [0.2, 0.25) is 11.8 Å². The van der Waals surface area contributed by atoms with Crippen molar-refractivity contribution in [2.45, 2.75) is 38.1 Å². The van der Waals surface area contributed by atoms with E-state index >= 15 is 0 Å². The Bertz CT molecular complexity index is 357. The fourth-order valence-corrected chi connectivity index (χ4v) is 2.83. The zero-order valence-corrected chi connectivity index (χ0v) is 8.74. The molecular formula is C12H15NO2. The Morgan fingerprint density at radius 1 is 1.07 bits per heavy atom. The van der Waals surface area contributed by atoms with Gasteiger partial charge in [-0.1, -0.05) is 12.2 Å². The van der Waals surface area contributed by atoms with Crippen LogP contribution in [-0.4, -0.2) is 22.8 Å². The summed E-state index contributed by atoms with van der Waals surface area (Å²) in [6, 6.07) is 0.240. The van der Waals surface area contributed by atoms with Crippen molar-refractivity contribution in [1.29, 1.82) is 0 Å². The topological polar surface area (TPSA) is 37.4 Å². The SMILES string of the molecule is C=C1CCC2C(=O)N(C3CC3)C(=O)C2C1. The fraction of sp³-hybridized carbons (Fsp3) is 0.667. The Kier molecular flexibility index (Phi) is 1.79. The molecule has 3 rings (SSSR count). The second kappa shape index (κ2) is 2.94. The molecule has 15 heavy (non-hydrogen) atoms. The van der Waals surface area contributed by atoms with E-state index in [1.54, 1.807) is 4.90 Å². The standard InChI is InChI=1S/C12H15NO2/c1-7-2-5-9-10(6-7)12(15)13(11(9)14)8-3-4-8/h8-10H,1-6H2. The van der Waals surface area contributed by atoms with E-state index in [4.69, 9.17) is 0 Å². The first kappa shape index (κ1) is 9.13. The van der Waals surface area contributed by atoms with Crippen molar-refractivity contribution in [1.82, 2.24) is 4.90 Å². The van der Waals surface area contributed by atoms with E-state index in [0.29, 0.717) is 0 Å². The normalized spacial score (nSPS) is 36.0. The number of imide groups is 1. The molecule has 1 aliphatic heterocycles. The molecule has 2 atom stereocenters. The van der Waals surface area contributed by atoms with E-state index in [1.807, 2.05) is 0 Å². The van der Waals surface area contributed by atoms with Crippen molar-refractivity contribution in [2.24, 2.45) is 11.8 Å². The third-order valence-electron chi connectivity index (χ3n) is 3.82. The summed E-state index contributed by atoms with van der Waals surface area (Å²) in [5.74, 6) is 0.0799. The van der Waals surface area contributed by atoms with Gasteiger partial charge in [-0.2, -0.15) is 0 Å². The molecule has 80 valence electrons. The lowest BCUT2D eigenvalue weighted by Crippen LogP contribution is -2.33. The molecule has 1 saturated heterocycles. The molecular weight excluding hydrogens is 190 g/mol. The number of carbonyl (C=O) groups excluding carboxylic acids is 2. The van der Waals surface area contributed by atoms with Gasteiger partial charge in [-0.25, -0.2) is 0 Å². The van der Waals surface area contributed by atoms with Gasteiger partial charge in [0.25, 0.3) is 0 Å². The van der Waals surface area contributed by atoms with Crippen LogP contribution >= 0.6 is 0 Å². The predicted octanol–water partition coefficient (Wildman–Crippen LogP) is 1.49. The van der Waals surface area contributed by atoms with Crippen LogP contribution < -0.4 is 0 Å². The van der Waals surface area contributed by atoms with E-state index in [0.717, 1.165) is 37.7 Å². The minimum atomic E-state index is -0.0700. The summed E-state index contributed by atoms with van der Waals surface area (Å²) in [4.78, 5) is 25.6. The van der Waals surface area contributed by atoms with Crippen LogP contribution in [0.2, 0.25) is 0 Å². The quantitative estimate of drug-likeness (QED) is 0.480. The highest BCUT2D eigenvalue weighted by molar-refractivity contribution is 6.06. The average molecular weight is 205 g/mol. The summed E-state index contributed by atoms with van der Waals surface area (Å²) >= 11 is 0. The van der Waals surface area contributed by atoms with Gasteiger partial charge in [-0.05, 0) is 32.1 Å². The first-order chi connectivity index (χ1) is 7.18. The van der Waals surface area contributed by atoms with Gasteiger partial charge >= 0.3 is 0 Å². The van der Waals surface area contributed by atoms with Gasteiger partial charge in [-0.3, -0.25) is 14.5 Å². The van der Waals surface area contributed by atoms with Crippen LogP contribution in [0, 0.1) is 11.8 Å². The molecule has 0 radical (unpaired) electrons. The van der Waals surface area contributed by atoms with E-state index < -0.39 is 0 Å². The van der Waals surface area contributed by atoms with Crippen molar-refractivity contribution >= 4 is 11.8 Å². The van der Waals surface area contributed by atoms with Gasteiger partial charge in [-0.15, -0.1) is 0 Å². The van der Waals surface area contributed by atoms with E-state index in [1.165, 1.54) is 0 Å². The molecule has 1 heterocycles. The molecule has 3 nitrogen and oxygen atoms in total. The number of nitrogens with zero attached hydrogens (tertiary/aromatic N) is 1. The number of hydrogen-bond donors (Lipinski definition) is 0. The molecule has 0 spiro atoms. The molecule has 0 aromatic heterocycles. The van der Waals surface area contributed by atoms with E-state index in [9.17, 15) is 9.59 Å². The highest BCUT2D eigenvalue weighted by atomic mass is 16.2. The second-order valence-corrected chi connectivity index (χ2v) is 4.98. The van der Waals surface area contributed by atoms with Crippen LogP contribution in [0.5, 0.6) is 0 Å². The summed E-state index contributed by atoms with van der Waals surface area (Å²) in [5, 5.41) is 0. The molecule has 0 N–H and O–H groups in total. The molecule has 2 amide bonds. The van der Waals surface area contributed by atoms with Gasteiger partial charge in [0.1, 0.15) is 0 Å². The number of allylic oxidation sites excluding steroid dienone is 1. The van der Waals surface area contributed by atoms with Gasteiger partial charge in [0, 0.05) is 6.04 Å². The van der Waals surface area contributed by atoms with Crippen LogP contribution in [-0.2, 0) is 9.59 Å². The third kappa shape index (κ3) is 1.25. The van der Waals surface area contributed by atoms with Crippen molar-refractivity contribution in [3.05, 3.63) is 12.2 Å². The van der Waals surface area contributed by atoms with Crippen LogP contribution in [0.4, 0.5) is 0 Å². The maximum absolute atomic E-state index is 12.0. The maximum atomic E-state index is 12.0. The van der Waals surface area contributed by atoms with Crippen molar-refractivity contribution in [3.63, 3.8) is 0 Å². The number of carbonyl (C=O) groups is 2. The number of hydrogen-bond acceptors (Lipinski definition) is 2. The first-order valence-electron chi connectivity index (χ1n) is 5.72. The molecule has 0 bridgehead atoms. The summed E-state index contributed by atoms with van der Waals surface area (Å²) in [5.41, 5.74) is 1.13. The molecule has 3 heteroatoms. The molecule has 2 unspecified atom stereocenters. The lowest BCUT2D eigenvalue weighted by Gasteiger charge is -2.22. The van der Waals surface area contributed by atoms with Crippen LogP contribution in [0.3, 0.4) is 0 Å². The lowest BCUT2D eigenvalue weighted by molar-refractivity contribution is -0.140. The van der Waals surface area contributed by atoms with Crippen LogP contribution in [0.25, 0.3) is 0 Å². The van der Waals surface area contributed by atoms with E-state index in [-0.39, 0.29) is 29.7 Å². The highest BCUT2D eigenvalue weighted by Crippen LogP contribution is 2.43. The molecule has 3 fully saturated rings. The van der Waals surface area contributed by atoms with Crippen molar-refractivity contribution in [2.75, 3.05) is 0 Å². The monoisotopic (exact) mass is 205 g/mol. The van der Waals surface area contributed by atoms with Crippen molar-refractivity contribution < 1.29 is 9.59 Å². The van der Waals surface area contributed by atoms with Crippen LogP contribution in [0.15, 0.2) is 12.2 Å². The minimum absolute atomic E-state index is 0.0244. The average Bonchev–Trinajstić information content (AvgIpc) is 2.98. The predicted molar refractivity (Wildman–Crippen MR) is 54.8 cm³/mol. The molecule has 3 aliphatic rings. The summed E-state index contributed by atoms with van der Waals surface area (Å²) in [7, 11) is 0. The third-order valence-corrected chi connectivity index (χ3v) is 3.82. The van der Waals surface area contributed by atoms with Gasteiger partial charge in [0.15, 0.2) is 0 Å². The number of rotatable bonds is 1. The number of amides is 2. The summed E-state index contributed by atoms with van der Waals surface area (Å²) in [6.45, 7) is 3.94. The second-order valence-electron chi connectivity index (χ2n) is 4.98. The Labute approximate surface area is 89.1 Å². The van der Waals surface area contributed by atoms with E-state index in [2.05, 4.69) is 6.58 Å². The molecule has 0 aromatic rings. The largest absolute Gasteiger partial charge is 0.279 e. The Morgan fingerprint density at radius 3 is 2.40 bits per heavy atom. The summed E-state index contributed by atoms with van der Waals surface area (Å²) < 4.78 is 0. The van der Waals surface area contributed by atoms with Gasteiger partial charge < -0.3 is 0 Å². The Hall–Kier alpha value is -1.12. The Balaban J connectivity index is 1.89. The first-order valence-corrected chi connectivity index (χ1v) is 5.72. The zero-order valence-electron chi connectivity index (χ0n) is 8.74. The minimum Gasteiger partial charge on any atom is -0.279 e. The smallest absolute Gasteiger partial charge is 0.233 e. The van der Waals surface area contributed by atoms with Crippen molar-refractivity contribution in [3.8, 4) is 0 Å². The molecule has 2 aliphatic carbocycles. The lowest BCUT2D eigenvalue weighted by atomic mass is 9.79. The summed E-state index contributed by atoms with van der Waals surface area (Å²) in [6.07, 6.45) is 4.50. The maximum Gasteiger partial charge on any atom is 0.233 e. The fourth-order valence-electron chi connectivity index (χ4n) is 2.83. The van der Waals surface area contributed by atoms with Crippen LogP contribution in [0.1, 0.15) is 32.1 Å². The molecule has 2 saturated carbocycles.